The highest BCUT2D eigenvalue weighted by molar-refractivity contribution is 5.67. The number of fused-ring (bicyclic) bond motifs is 4. The minimum Gasteiger partial charge on any atom is -0.368 e. The number of nitrogen functional groups attached to an aromatic ring is 1. The highest BCUT2D eigenvalue weighted by Crippen LogP contribution is 2.30. The van der Waals surface area contributed by atoms with Crippen molar-refractivity contribution in [2.45, 2.75) is 51.0 Å². The van der Waals surface area contributed by atoms with E-state index in [1.807, 2.05) is 18.3 Å². The molecule has 0 aliphatic heterocycles. The van der Waals surface area contributed by atoms with Gasteiger partial charge in [0.25, 0.3) is 0 Å². The SMILES string of the molecule is Nc1nc(Nc2ccc3c(c2)CC[C@H](N)CC3)nn1-c1cc2c(nn1)-c1cccnc1CCC2. The van der Waals surface area contributed by atoms with Crippen LogP contribution in [0.5, 0.6) is 0 Å². The third kappa shape index (κ3) is 3.88. The number of nitrogens with one attached hydrogen (secondary N) is 1. The molecule has 0 radical (unpaired) electrons. The zero-order valence-corrected chi connectivity index (χ0v) is 18.9. The second-order valence-electron chi connectivity index (χ2n) is 9.08. The topological polar surface area (TPSA) is 133 Å². The molecule has 0 saturated carbocycles. The summed E-state index contributed by atoms with van der Waals surface area (Å²) < 4.78 is 1.53. The van der Waals surface area contributed by atoms with Crippen molar-refractivity contribution in [3.63, 3.8) is 0 Å². The Bertz CT molecular complexity index is 1360. The number of aryl methyl sites for hydroxylation is 4. The lowest BCUT2D eigenvalue weighted by molar-refractivity contribution is 0.589. The van der Waals surface area contributed by atoms with E-state index in [1.165, 1.54) is 15.8 Å². The monoisotopic (exact) mass is 453 g/mol. The van der Waals surface area contributed by atoms with Gasteiger partial charge in [0.15, 0.2) is 5.82 Å². The van der Waals surface area contributed by atoms with Crippen LogP contribution in [0.2, 0.25) is 0 Å². The van der Waals surface area contributed by atoms with Gasteiger partial charge in [0.2, 0.25) is 11.9 Å². The number of hydrogen-bond donors (Lipinski definition) is 3. The van der Waals surface area contributed by atoms with Gasteiger partial charge in [-0.1, -0.05) is 6.07 Å². The second kappa shape index (κ2) is 8.49. The van der Waals surface area contributed by atoms with E-state index in [9.17, 15) is 0 Å². The van der Waals surface area contributed by atoms with Crippen LogP contribution in [0.3, 0.4) is 0 Å². The molecule has 9 heteroatoms. The number of aromatic nitrogens is 6. The molecule has 3 heterocycles. The molecule has 9 nitrogen and oxygen atoms in total. The Morgan fingerprint density at radius 3 is 2.74 bits per heavy atom. The van der Waals surface area contributed by atoms with Gasteiger partial charge in [-0.3, -0.25) is 4.98 Å². The van der Waals surface area contributed by atoms with Gasteiger partial charge in [0.1, 0.15) is 0 Å². The van der Waals surface area contributed by atoms with Crippen molar-refractivity contribution in [1.82, 2.24) is 29.9 Å². The van der Waals surface area contributed by atoms with E-state index in [0.717, 1.165) is 73.1 Å². The molecule has 0 fully saturated rings. The first-order chi connectivity index (χ1) is 16.6. The molecule has 3 aromatic heterocycles. The minimum atomic E-state index is 0.258. The molecule has 2 aliphatic carbocycles. The van der Waals surface area contributed by atoms with Crippen LogP contribution in [-0.2, 0) is 25.7 Å². The summed E-state index contributed by atoms with van der Waals surface area (Å²) in [4.78, 5) is 8.93. The molecule has 4 aromatic rings. The molecule has 2 aliphatic rings. The number of rotatable bonds is 3. The van der Waals surface area contributed by atoms with Gasteiger partial charge < -0.3 is 16.8 Å². The first-order valence-electron chi connectivity index (χ1n) is 11.8. The van der Waals surface area contributed by atoms with Crippen molar-refractivity contribution in [3.8, 4) is 17.1 Å². The Balaban J connectivity index is 1.28. The quantitative estimate of drug-likeness (QED) is 0.403. The fourth-order valence-electron chi connectivity index (χ4n) is 4.92. The fourth-order valence-corrected chi connectivity index (χ4v) is 4.92. The summed E-state index contributed by atoms with van der Waals surface area (Å²) >= 11 is 0. The van der Waals surface area contributed by atoms with Crippen molar-refractivity contribution in [2.24, 2.45) is 5.73 Å². The molecule has 172 valence electrons. The summed E-state index contributed by atoms with van der Waals surface area (Å²) in [6.45, 7) is 0. The molecular formula is C25H27N9. The van der Waals surface area contributed by atoms with E-state index in [1.54, 1.807) is 0 Å². The van der Waals surface area contributed by atoms with Gasteiger partial charge in [-0.05, 0) is 92.0 Å². The zero-order valence-electron chi connectivity index (χ0n) is 18.9. The Hall–Kier alpha value is -3.85. The van der Waals surface area contributed by atoms with Crippen molar-refractivity contribution in [2.75, 3.05) is 11.1 Å². The van der Waals surface area contributed by atoms with Gasteiger partial charge in [-0.15, -0.1) is 15.3 Å². The van der Waals surface area contributed by atoms with Crippen molar-refractivity contribution < 1.29 is 0 Å². The summed E-state index contributed by atoms with van der Waals surface area (Å²) in [6.07, 6.45) is 8.70. The Kier molecular flexibility index (Phi) is 5.18. The third-order valence-electron chi connectivity index (χ3n) is 6.75. The predicted octanol–water partition coefficient (Wildman–Crippen LogP) is 3.14. The number of hydrogen-bond acceptors (Lipinski definition) is 8. The van der Waals surface area contributed by atoms with E-state index < -0.39 is 0 Å². The zero-order chi connectivity index (χ0) is 23.1. The molecule has 0 spiro atoms. The molecule has 0 saturated heterocycles. The van der Waals surface area contributed by atoms with Crippen molar-refractivity contribution >= 4 is 17.6 Å². The smallest absolute Gasteiger partial charge is 0.248 e. The molecular weight excluding hydrogens is 426 g/mol. The van der Waals surface area contributed by atoms with Crippen LogP contribution in [0.1, 0.15) is 41.6 Å². The average molecular weight is 454 g/mol. The first kappa shape index (κ1) is 20.7. The van der Waals surface area contributed by atoms with Crippen LogP contribution >= 0.6 is 0 Å². The summed E-state index contributed by atoms with van der Waals surface area (Å²) in [5.41, 5.74) is 20.1. The Morgan fingerprint density at radius 2 is 1.82 bits per heavy atom. The summed E-state index contributed by atoms with van der Waals surface area (Å²) in [7, 11) is 0. The highest BCUT2D eigenvalue weighted by Gasteiger charge is 2.20. The normalized spacial score (nSPS) is 17.1. The molecule has 5 N–H and O–H groups in total. The van der Waals surface area contributed by atoms with Crippen LogP contribution in [0.4, 0.5) is 17.6 Å². The van der Waals surface area contributed by atoms with Gasteiger partial charge >= 0.3 is 0 Å². The van der Waals surface area contributed by atoms with Crippen LogP contribution in [0.25, 0.3) is 17.1 Å². The molecule has 0 bridgehead atoms. The number of pyridine rings is 1. The number of nitrogens with zero attached hydrogens (tertiary/aromatic N) is 6. The molecule has 0 amide bonds. The van der Waals surface area contributed by atoms with Crippen LogP contribution in [0, 0.1) is 0 Å². The van der Waals surface area contributed by atoms with E-state index >= 15 is 0 Å². The van der Waals surface area contributed by atoms with E-state index in [2.05, 4.69) is 54.8 Å². The summed E-state index contributed by atoms with van der Waals surface area (Å²) in [5, 5.41) is 16.8. The maximum Gasteiger partial charge on any atom is 0.248 e. The second-order valence-corrected chi connectivity index (χ2v) is 9.08. The Morgan fingerprint density at radius 1 is 0.941 bits per heavy atom. The van der Waals surface area contributed by atoms with Crippen LogP contribution in [-0.4, -0.2) is 36.0 Å². The lowest BCUT2D eigenvalue weighted by Gasteiger charge is -2.09. The van der Waals surface area contributed by atoms with Crippen molar-refractivity contribution in [3.05, 3.63) is 65.0 Å². The largest absolute Gasteiger partial charge is 0.368 e. The molecule has 6 rings (SSSR count). The highest BCUT2D eigenvalue weighted by atomic mass is 15.4. The first-order valence-corrected chi connectivity index (χ1v) is 11.8. The number of benzene rings is 1. The average Bonchev–Trinajstić information content (AvgIpc) is 3.00. The maximum absolute atomic E-state index is 6.22. The van der Waals surface area contributed by atoms with Crippen LogP contribution in [0.15, 0.2) is 42.6 Å². The summed E-state index contributed by atoms with van der Waals surface area (Å²) in [5.74, 6) is 1.24. The van der Waals surface area contributed by atoms with Crippen LogP contribution < -0.4 is 16.8 Å². The number of nitrogens with two attached hydrogens (primary N) is 2. The lowest BCUT2D eigenvalue weighted by Crippen LogP contribution is -2.19. The predicted molar refractivity (Wildman–Crippen MR) is 131 cm³/mol. The standard InChI is InChI=1S/C25H27N9/c26-18-9-6-15-8-11-19(13-16(15)7-10-18)29-25-30-24(27)34(33-25)22-14-17-3-1-5-21-20(4-2-12-28-21)23(17)32-31-22/h2,4,8,11-14,18H,1,3,5-7,9-10,26H2,(H3,27,29,30,33)/t18-/m1/s1. The van der Waals surface area contributed by atoms with E-state index in [4.69, 9.17) is 11.5 Å². The number of anilines is 3. The van der Waals surface area contributed by atoms with E-state index in [0.29, 0.717) is 11.8 Å². The molecule has 0 unspecified atom stereocenters. The summed E-state index contributed by atoms with van der Waals surface area (Å²) in [6, 6.07) is 12.7. The third-order valence-corrected chi connectivity index (χ3v) is 6.75. The molecule has 1 aromatic carbocycles. The Labute approximate surface area is 197 Å². The van der Waals surface area contributed by atoms with Gasteiger partial charge in [-0.25, -0.2) is 0 Å². The van der Waals surface area contributed by atoms with E-state index in [-0.39, 0.29) is 12.0 Å². The maximum atomic E-state index is 6.22. The van der Waals surface area contributed by atoms with Gasteiger partial charge in [0.05, 0.1) is 5.69 Å². The lowest BCUT2D eigenvalue weighted by atomic mass is 10.0. The molecule has 34 heavy (non-hydrogen) atoms. The van der Waals surface area contributed by atoms with Crippen molar-refractivity contribution in [1.29, 1.82) is 0 Å². The minimum absolute atomic E-state index is 0.258. The van der Waals surface area contributed by atoms with Gasteiger partial charge in [0, 0.05) is 29.2 Å². The molecule has 1 atom stereocenters. The van der Waals surface area contributed by atoms with Gasteiger partial charge in [-0.2, -0.15) is 9.67 Å². The fraction of sp³-hybridized carbons (Fsp3) is 0.320.